The van der Waals surface area contributed by atoms with Crippen molar-refractivity contribution in [2.24, 2.45) is 0 Å². The van der Waals surface area contributed by atoms with E-state index in [9.17, 15) is 0 Å². The summed E-state index contributed by atoms with van der Waals surface area (Å²) in [6.07, 6.45) is 2.77. The summed E-state index contributed by atoms with van der Waals surface area (Å²) in [5, 5.41) is 11.1. The van der Waals surface area contributed by atoms with Crippen LogP contribution < -0.4 is 5.32 Å². The Morgan fingerprint density at radius 2 is 2.06 bits per heavy atom. The number of H-pyrrole nitrogens is 1. The van der Waals surface area contributed by atoms with E-state index in [1.165, 1.54) is 5.56 Å². The molecule has 2 aromatic rings. The van der Waals surface area contributed by atoms with Gasteiger partial charge in [0.2, 0.25) is 0 Å². The maximum Gasteiger partial charge on any atom is 0.0518 e. The van der Waals surface area contributed by atoms with E-state index in [1.807, 2.05) is 18.2 Å². The third-order valence-corrected chi connectivity index (χ3v) is 3.02. The van der Waals surface area contributed by atoms with E-state index in [0.717, 1.165) is 23.7 Å². The van der Waals surface area contributed by atoms with Gasteiger partial charge in [-0.1, -0.05) is 23.7 Å². The van der Waals surface area contributed by atoms with Gasteiger partial charge < -0.3 is 5.32 Å². The lowest BCUT2D eigenvalue weighted by atomic mass is 10.1. The number of hydrogen-bond acceptors (Lipinski definition) is 2. The molecule has 0 amide bonds. The lowest BCUT2D eigenvalue weighted by Gasteiger charge is -2.11. The average molecular weight is 250 g/mol. The van der Waals surface area contributed by atoms with E-state index in [-0.39, 0.29) is 0 Å². The Bertz CT molecular complexity index is 436. The molecule has 2 N–H and O–H groups in total. The Balaban J connectivity index is 1.78. The lowest BCUT2D eigenvalue weighted by molar-refractivity contribution is 0.563. The van der Waals surface area contributed by atoms with Crippen molar-refractivity contribution in [2.45, 2.75) is 19.4 Å². The SMILES string of the molecule is CC(NCCc1ccc(Cl)cc1)c1ccn[nH]1. The van der Waals surface area contributed by atoms with Crippen LogP contribution in [0.1, 0.15) is 24.2 Å². The van der Waals surface area contributed by atoms with Crippen LogP contribution in [0.5, 0.6) is 0 Å². The van der Waals surface area contributed by atoms with Gasteiger partial charge >= 0.3 is 0 Å². The van der Waals surface area contributed by atoms with Crippen molar-refractivity contribution in [2.75, 3.05) is 6.54 Å². The predicted molar refractivity (Wildman–Crippen MR) is 70.2 cm³/mol. The minimum atomic E-state index is 0.296. The van der Waals surface area contributed by atoms with Gasteiger partial charge in [0.1, 0.15) is 0 Å². The highest BCUT2D eigenvalue weighted by Gasteiger charge is 2.04. The Morgan fingerprint density at radius 3 is 2.71 bits per heavy atom. The topological polar surface area (TPSA) is 40.7 Å². The first-order valence-corrected chi connectivity index (χ1v) is 6.10. The molecule has 0 aliphatic carbocycles. The van der Waals surface area contributed by atoms with Crippen LogP contribution in [0.2, 0.25) is 5.02 Å². The fourth-order valence-corrected chi connectivity index (χ4v) is 1.83. The quantitative estimate of drug-likeness (QED) is 0.855. The number of nitrogens with zero attached hydrogens (tertiary/aromatic N) is 1. The Hall–Kier alpha value is -1.32. The summed E-state index contributed by atoms with van der Waals surface area (Å²) >= 11 is 5.84. The monoisotopic (exact) mass is 249 g/mol. The molecule has 0 aliphatic heterocycles. The molecule has 0 aliphatic rings. The van der Waals surface area contributed by atoms with Gasteiger partial charge in [-0.05, 0) is 43.7 Å². The number of aromatic amines is 1. The zero-order valence-corrected chi connectivity index (χ0v) is 10.5. The first-order valence-electron chi connectivity index (χ1n) is 5.73. The average Bonchev–Trinajstić information content (AvgIpc) is 2.85. The summed E-state index contributed by atoms with van der Waals surface area (Å²) in [4.78, 5) is 0. The van der Waals surface area contributed by atoms with E-state index in [0.29, 0.717) is 6.04 Å². The molecule has 17 heavy (non-hydrogen) atoms. The molecule has 1 aromatic carbocycles. The van der Waals surface area contributed by atoms with Gasteiger partial charge in [0.15, 0.2) is 0 Å². The van der Waals surface area contributed by atoms with Crippen LogP contribution in [0, 0.1) is 0 Å². The standard InChI is InChI=1S/C13H16ClN3/c1-10(13-7-9-16-17-13)15-8-6-11-2-4-12(14)5-3-11/h2-5,7,9-10,15H,6,8H2,1H3,(H,16,17). The predicted octanol–water partition coefficient (Wildman–Crippen LogP) is 2.96. The van der Waals surface area contributed by atoms with Crippen molar-refractivity contribution in [1.82, 2.24) is 15.5 Å². The third kappa shape index (κ3) is 3.58. The van der Waals surface area contributed by atoms with Crippen molar-refractivity contribution in [3.63, 3.8) is 0 Å². The van der Waals surface area contributed by atoms with E-state index in [4.69, 9.17) is 11.6 Å². The van der Waals surface area contributed by atoms with E-state index >= 15 is 0 Å². The second-order valence-electron chi connectivity index (χ2n) is 4.06. The van der Waals surface area contributed by atoms with Crippen LogP contribution in [-0.2, 0) is 6.42 Å². The Morgan fingerprint density at radius 1 is 1.29 bits per heavy atom. The summed E-state index contributed by atoms with van der Waals surface area (Å²) in [5.41, 5.74) is 2.40. The smallest absolute Gasteiger partial charge is 0.0518 e. The van der Waals surface area contributed by atoms with E-state index in [1.54, 1.807) is 6.20 Å². The summed E-state index contributed by atoms with van der Waals surface area (Å²) in [5.74, 6) is 0. The van der Waals surface area contributed by atoms with Gasteiger partial charge in [-0.3, -0.25) is 5.10 Å². The van der Waals surface area contributed by atoms with Crippen molar-refractivity contribution in [3.05, 3.63) is 52.8 Å². The van der Waals surface area contributed by atoms with Gasteiger partial charge in [-0.2, -0.15) is 5.10 Å². The second kappa shape index (κ2) is 5.84. The fourth-order valence-electron chi connectivity index (χ4n) is 1.70. The van der Waals surface area contributed by atoms with Gasteiger partial charge in [0.05, 0.1) is 5.69 Å². The molecule has 0 saturated heterocycles. The highest BCUT2D eigenvalue weighted by Crippen LogP contribution is 2.11. The maximum atomic E-state index is 5.84. The first kappa shape index (κ1) is 12.1. The third-order valence-electron chi connectivity index (χ3n) is 2.77. The maximum absolute atomic E-state index is 5.84. The van der Waals surface area contributed by atoms with Gasteiger partial charge in [0.25, 0.3) is 0 Å². The molecule has 1 atom stereocenters. The largest absolute Gasteiger partial charge is 0.309 e. The zero-order valence-electron chi connectivity index (χ0n) is 9.78. The lowest BCUT2D eigenvalue weighted by Crippen LogP contribution is -2.21. The second-order valence-corrected chi connectivity index (χ2v) is 4.50. The molecular weight excluding hydrogens is 234 g/mol. The number of nitrogens with one attached hydrogen (secondary N) is 2. The van der Waals surface area contributed by atoms with Crippen LogP contribution in [0.15, 0.2) is 36.5 Å². The van der Waals surface area contributed by atoms with Crippen LogP contribution in [0.3, 0.4) is 0 Å². The highest BCUT2D eigenvalue weighted by atomic mass is 35.5. The van der Waals surface area contributed by atoms with Crippen LogP contribution in [0.25, 0.3) is 0 Å². The molecule has 0 saturated carbocycles. The fraction of sp³-hybridized carbons (Fsp3) is 0.308. The van der Waals surface area contributed by atoms with Crippen LogP contribution in [0.4, 0.5) is 0 Å². The summed E-state index contributed by atoms with van der Waals surface area (Å²) < 4.78 is 0. The highest BCUT2D eigenvalue weighted by molar-refractivity contribution is 6.30. The molecule has 1 aromatic heterocycles. The Kier molecular flexibility index (Phi) is 4.18. The van der Waals surface area contributed by atoms with Crippen molar-refractivity contribution in [1.29, 1.82) is 0 Å². The normalized spacial score (nSPS) is 12.6. The first-order chi connectivity index (χ1) is 8.25. The molecule has 4 heteroatoms. The number of rotatable bonds is 5. The zero-order chi connectivity index (χ0) is 12.1. The molecule has 0 bridgehead atoms. The minimum absolute atomic E-state index is 0.296. The summed E-state index contributed by atoms with van der Waals surface area (Å²) in [7, 11) is 0. The molecule has 3 nitrogen and oxygen atoms in total. The van der Waals surface area contributed by atoms with Gasteiger partial charge in [0, 0.05) is 17.3 Å². The summed E-state index contributed by atoms with van der Waals surface area (Å²) in [6.45, 7) is 3.05. The molecule has 1 heterocycles. The number of benzene rings is 1. The molecule has 1 unspecified atom stereocenters. The molecule has 90 valence electrons. The van der Waals surface area contributed by atoms with Gasteiger partial charge in [-0.25, -0.2) is 0 Å². The Labute approximate surface area is 106 Å². The van der Waals surface area contributed by atoms with Crippen molar-refractivity contribution < 1.29 is 0 Å². The number of halogens is 1. The van der Waals surface area contributed by atoms with Gasteiger partial charge in [-0.15, -0.1) is 0 Å². The van der Waals surface area contributed by atoms with Crippen molar-refractivity contribution >= 4 is 11.6 Å². The molecule has 0 spiro atoms. The molecular formula is C13H16ClN3. The molecule has 2 rings (SSSR count). The van der Waals surface area contributed by atoms with E-state index in [2.05, 4.69) is 34.6 Å². The number of aromatic nitrogens is 2. The minimum Gasteiger partial charge on any atom is -0.309 e. The number of hydrogen-bond donors (Lipinski definition) is 2. The molecule has 0 fully saturated rings. The van der Waals surface area contributed by atoms with Crippen LogP contribution in [-0.4, -0.2) is 16.7 Å². The van der Waals surface area contributed by atoms with E-state index < -0.39 is 0 Å². The summed E-state index contributed by atoms with van der Waals surface area (Å²) in [6, 6.07) is 10.3. The van der Waals surface area contributed by atoms with Crippen LogP contribution >= 0.6 is 11.6 Å². The van der Waals surface area contributed by atoms with Crippen molar-refractivity contribution in [3.8, 4) is 0 Å². The molecule has 0 radical (unpaired) electrons.